The highest BCUT2D eigenvalue weighted by molar-refractivity contribution is 7.14. The Kier molecular flexibility index (Phi) is 7.23. The maximum absolute atomic E-state index is 12.2. The number of aliphatic carboxylic acids is 2. The number of nitrogens with zero attached hydrogens (tertiary/aromatic N) is 1. The van der Waals surface area contributed by atoms with Crippen LogP contribution < -0.4 is 10.6 Å². The molecule has 2 atom stereocenters. The molecule has 0 aliphatic heterocycles. The van der Waals surface area contributed by atoms with Crippen LogP contribution in [0.2, 0.25) is 0 Å². The highest BCUT2D eigenvalue weighted by Crippen LogP contribution is 2.28. The summed E-state index contributed by atoms with van der Waals surface area (Å²) in [7, 11) is 1.93. The fourth-order valence-corrected chi connectivity index (χ4v) is 2.57. The lowest BCUT2D eigenvalue weighted by atomic mass is 9.95. The number of anilines is 1. The highest BCUT2D eigenvalue weighted by Gasteiger charge is 2.54. The Morgan fingerprint density at radius 3 is 2.44 bits per heavy atom. The Hall–Kier alpha value is -2.28. The van der Waals surface area contributed by atoms with E-state index >= 15 is 0 Å². The number of aromatic nitrogens is 1. The zero-order valence-electron chi connectivity index (χ0n) is 12.9. The van der Waals surface area contributed by atoms with Crippen molar-refractivity contribution in [1.29, 1.82) is 0 Å². The third kappa shape index (κ3) is 4.42. The number of halogens is 1. The molecule has 0 bridgehead atoms. The molecular formula is C12H14ClN3O8S. The van der Waals surface area contributed by atoms with Crippen LogP contribution in [0.4, 0.5) is 5.13 Å². The minimum atomic E-state index is -2.67. The third-order valence-electron chi connectivity index (χ3n) is 2.88. The van der Waals surface area contributed by atoms with Gasteiger partial charge in [0.05, 0.1) is 12.8 Å². The van der Waals surface area contributed by atoms with E-state index in [9.17, 15) is 24.3 Å². The van der Waals surface area contributed by atoms with Gasteiger partial charge in [0.15, 0.2) is 5.13 Å². The van der Waals surface area contributed by atoms with Gasteiger partial charge in [-0.1, -0.05) is 0 Å². The van der Waals surface area contributed by atoms with Gasteiger partial charge < -0.3 is 25.0 Å². The van der Waals surface area contributed by atoms with Crippen LogP contribution in [0.5, 0.6) is 0 Å². The molecule has 13 heteroatoms. The molecule has 1 amide bonds. The van der Waals surface area contributed by atoms with Gasteiger partial charge in [0, 0.05) is 12.5 Å². The molecule has 2 unspecified atom stereocenters. The summed E-state index contributed by atoms with van der Waals surface area (Å²) in [5, 5.41) is 24.1. The molecule has 0 saturated heterocycles. The lowest BCUT2D eigenvalue weighted by Crippen LogP contribution is -2.61. The molecule has 25 heavy (non-hydrogen) atoms. The number of hydrogen-bond donors (Lipinski definition) is 4. The van der Waals surface area contributed by atoms with Gasteiger partial charge in [-0.05, 0) is 0 Å². The number of esters is 1. The number of carbonyl (C=O) groups is 4. The van der Waals surface area contributed by atoms with Gasteiger partial charge in [-0.15, -0.1) is 22.9 Å². The van der Waals surface area contributed by atoms with Crippen molar-refractivity contribution in [2.45, 2.75) is 11.8 Å². The average molecular weight is 396 g/mol. The minimum absolute atomic E-state index is 0.0405. The summed E-state index contributed by atoms with van der Waals surface area (Å²) in [6, 6.07) is 0. The number of methoxy groups -OCH3 is 2. The van der Waals surface area contributed by atoms with Crippen LogP contribution >= 0.6 is 22.9 Å². The van der Waals surface area contributed by atoms with Gasteiger partial charge in [0.2, 0.25) is 12.1 Å². The second kappa shape index (κ2) is 8.71. The number of carbonyl (C=O) groups excluding carboxylic acids is 2. The fourth-order valence-electron chi connectivity index (χ4n) is 1.72. The molecule has 1 heterocycles. The number of carboxylic acids is 2. The zero-order valence-corrected chi connectivity index (χ0v) is 14.5. The predicted molar refractivity (Wildman–Crippen MR) is 84.4 cm³/mol. The number of carboxylic acid groups (broad SMARTS) is 2. The minimum Gasteiger partial charge on any atom is -0.479 e. The summed E-state index contributed by atoms with van der Waals surface area (Å²) in [4.78, 5) is 50.3. The van der Waals surface area contributed by atoms with Crippen molar-refractivity contribution in [1.82, 2.24) is 10.3 Å². The van der Waals surface area contributed by atoms with Gasteiger partial charge in [-0.2, -0.15) is 0 Å². The number of nitrogens with one attached hydrogen (secondary N) is 2. The standard InChI is InChI=1S/C12H14ClN3O8S/c1-23-7(8(18)19)16-12(9(20)21,10(22)24-2)5-4-25-11(14-5)15-6(17)3-13/h4,7,16H,3H2,1-2H3,(H,18,19)(H,20,21)(H,14,15,17). The summed E-state index contributed by atoms with van der Waals surface area (Å²) in [5.41, 5.74) is -3.07. The summed E-state index contributed by atoms with van der Waals surface area (Å²) in [6.07, 6.45) is -1.85. The molecule has 11 nitrogen and oxygen atoms in total. The monoisotopic (exact) mass is 395 g/mol. The van der Waals surface area contributed by atoms with Crippen molar-refractivity contribution in [2.75, 3.05) is 25.4 Å². The van der Waals surface area contributed by atoms with Gasteiger partial charge in [0.1, 0.15) is 5.88 Å². The molecule has 0 aromatic carbocycles. The second-order valence-electron chi connectivity index (χ2n) is 4.36. The predicted octanol–water partition coefficient (Wildman–Crippen LogP) is -0.580. The number of hydrogen-bond acceptors (Lipinski definition) is 9. The molecule has 1 aromatic heterocycles. The number of alkyl halides is 1. The Morgan fingerprint density at radius 1 is 1.36 bits per heavy atom. The van der Waals surface area contributed by atoms with Crippen LogP contribution in [0.1, 0.15) is 5.69 Å². The Balaban J connectivity index is 3.40. The van der Waals surface area contributed by atoms with Crippen LogP contribution in [-0.2, 0) is 34.2 Å². The first kappa shape index (κ1) is 20.8. The zero-order chi connectivity index (χ0) is 19.2. The van der Waals surface area contributed by atoms with E-state index in [1.165, 1.54) is 0 Å². The van der Waals surface area contributed by atoms with E-state index in [1.54, 1.807) is 0 Å². The largest absolute Gasteiger partial charge is 0.479 e. The first-order valence-electron chi connectivity index (χ1n) is 6.39. The Morgan fingerprint density at radius 2 is 2.00 bits per heavy atom. The molecule has 138 valence electrons. The Labute approximate surface area is 149 Å². The van der Waals surface area contributed by atoms with Gasteiger partial charge in [0.25, 0.3) is 5.54 Å². The maximum Gasteiger partial charge on any atom is 0.348 e. The summed E-state index contributed by atoms with van der Waals surface area (Å²) in [6.45, 7) is 0. The van der Waals surface area contributed by atoms with Gasteiger partial charge in [-0.3, -0.25) is 10.1 Å². The molecule has 1 rings (SSSR count). The van der Waals surface area contributed by atoms with E-state index in [4.69, 9.17) is 16.7 Å². The molecule has 0 spiro atoms. The van der Waals surface area contributed by atoms with Crippen molar-refractivity contribution in [3.63, 3.8) is 0 Å². The SMILES string of the molecule is COC(=O)C(NC(OC)C(=O)O)(C(=O)O)c1csc(NC(=O)CCl)n1. The number of thiazole rings is 1. The van der Waals surface area contributed by atoms with Crippen LogP contribution in [0.25, 0.3) is 0 Å². The molecule has 4 N–H and O–H groups in total. The Bertz CT molecular complexity index is 681. The fraction of sp³-hybridized carbons (Fsp3) is 0.417. The second-order valence-corrected chi connectivity index (χ2v) is 5.49. The van der Waals surface area contributed by atoms with Crippen molar-refractivity contribution in [3.05, 3.63) is 11.1 Å². The summed E-state index contributed by atoms with van der Waals surface area (Å²) < 4.78 is 9.12. The molecule has 0 radical (unpaired) electrons. The van der Waals surface area contributed by atoms with E-state index in [2.05, 4.69) is 25.1 Å². The smallest absolute Gasteiger partial charge is 0.348 e. The van der Waals surface area contributed by atoms with Crippen molar-refractivity contribution >= 4 is 51.9 Å². The van der Waals surface area contributed by atoms with E-state index in [1.807, 2.05) is 0 Å². The van der Waals surface area contributed by atoms with Gasteiger partial charge in [-0.25, -0.2) is 19.4 Å². The van der Waals surface area contributed by atoms with E-state index < -0.39 is 41.3 Å². The first-order chi connectivity index (χ1) is 11.7. The van der Waals surface area contributed by atoms with Crippen LogP contribution in [-0.4, -0.2) is 65.3 Å². The van der Waals surface area contributed by atoms with E-state index in [-0.39, 0.29) is 11.0 Å². The van der Waals surface area contributed by atoms with E-state index in [0.29, 0.717) is 0 Å². The summed E-state index contributed by atoms with van der Waals surface area (Å²) in [5.74, 6) is -5.64. The maximum atomic E-state index is 12.2. The summed E-state index contributed by atoms with van der Waals surface area (Å²) >= 11 is 6.15. The third-order valence-corrected chi connectivity index (χ3v) is 3.88. The topological polar surface area (TPSA) is 164 Å². The first-order valence-corrected chi connectivity index (χ1v) is 7.81. The van der Waals surface area contributed by atoms with Crippen LogP contribution in [0.15, 0.2) is 5.38 Å². The van der Waals surface area contributed by atoms with Crippen LogP contribution in [0, 0.1) is 0 Å². The van der Waals surface area contributed by atoms with Crippen molar-refractivity contribution < 1.29 is 38.9 Å². The quantitative estimate of drug-likeness (QED) is 0.184. The average Bonchev–Trinajstić information content (AvgIpc) is 3.03. The van der Waals surface area contributed by atoms with Gasteiger partial charge >= 0.3 is 17.9 Å². The normalized spacial score (nSPS) is 14.2. The number of ether oxygens (including phenoxy) is 2. The molecule has 0 aliphatic rings. The lowest BCUT2D eigenvalue weighted by Gasteiger charge is -2.28. The highest BCUT2D eigenvalue weighted by atomic mass is 35.5. The molecule has 1 aromatic rings. The number of amides is 1. The van der Waals surface area contributed by atoms with Crippen molar-refractivity contribution in [3.8, 4) is 0 Å². The van der Waals surface area contributed by atoms with Crippen molar-refractivity contribution in [2.24, 2.45) is 0 Å². The lowest BCUT2D eigenvalue weighted by molar-refractivity contribution is -0.168. The van der Waals surface area contributed by atoms with Crippen LogP contribution in [0.3, 0.4) is 0 Å². The number of rotatable bonds is 9. The molecule has 0 fully saturated rings. The molecule has 0 aliphatic carbocycles. The molecular weight excluding hydrogens is 382 g/mol. The molecule has 0 saturated carbocycles. The van der Waals surface area contributed by atoms with E-state index in [0.717, 1.165) is 30.9 Å².